The molecular weight excluding hydrogens is 376 g/mol. The minimum atomic E-state index is -0.926. The fraction of sp³-hybridized carbons (Fsp3) is 0.115. The van der Waals surface area contributed by atoms with Crippen molar-refractivity contribution in [3.63, 3.8) is 0 Å². The molecule has 0 fully saturated rings. The number of aryl methyl sites for hydroxylation is 2. The van der Waals surface area contributed by atoms with Gasteiger partial charge in [0.15, 0.2) is 0 Å². The molecule has 148 valence electrons. The van der Waals surface area contributed by atoms with Crippen molar-refractivity contribution in [1.29, 1.82) is 0 Å². The van der Waals surface area contributed by atoms with Crippen molar-refractivity contribution in [2.24, 2.45) is 0 Å². The Kier molecular flexibility index (Phi) is 4.30. The number of rotatable bonds is 3. The highest BCUT2D eigenvalue weighted by Crippen LogP contribution is 2.43. The van der Waals surface area contributed by atoms with Crippen LogP contribution in [-0.2, 0) is 0 Å². The Labute approximate surface area is 173 Å². The maximum Gasteiger partial charge on any atom is 0.336 e. The zero-order valence-electron chi connectivity index (χ0n) is 16.7. The Morgan fingerprint density at radius 2 is 1.43 bits per heavy atom. The van der Waals surface area contributed by atoms with Gasteiger partial charge in [-0.2, -0.15) is 0 Å². The van der Waals surface area contributed by atoms with Gasteiger partial charge in [0.2, 0.25) is 0 Å². The van der Waals surface area contributed by atoms with Crippen LogP contribution >= 0.6 is 0 Å². The lowest BCUT2D eigenvalue weighted by molar-refractivity contribution is 0.193. The van der Waals surface area contributed by atoms with Gasteiger partial charge in [0.25, 0.3) is 0 Å². The van der Waals surface area contributed by atoms with Gasteiger partial charge in [-0.15, -0.1) is 0 Å². The van der Waals surface area contributed by atoms with Crippen LogP contribution in [0.3, 0.4) is 0 Å². The summed E-state index contributed by atoms with van der Waals surface area (Å²) < 4.78 is 11.8. The molecule has 0 saturated heterocycles. The molecule has 1 N–H and O–H groups in total. The number of benzene rings is 3. The number of fused-ring (bicyclic) bond motifs is 2. The third kappa shape index (κ3) is 2.85. The molecule has 0 aliphatic rings. The van der Waals surface area contributed by atoms with E-state index in [0.717, 1.165) is 38.6 Å². The second kappa shape index (κ2) is 7.01. The lowest BCUT2D eigenvalue weighted by Crippen LogP contribution is -1.99. The normalized spacial score (nSPS) is 12.5. The molecular formula is C26H20O4. The van der Waals surface area contributed by atoms with Crippen LogP contribution in [0.5, 0.6) is 0 Å². The largest absolute Gasteiger partial charge is 0.457 e. The Morgan fingerprint density at radius 3 is 2.13 bits per heavy atom. The van der Waals surface area contributed by atoms with Gasteiger partial charge in [-0.3, -0.25) is 0 Å². The first-order valence-corrected chi connectivity index (χ1v) is 9.83. The number of aliphatic hydroxyl groups excluding tert-OH is 1. The van der Waals surface area contributed by atoms with Crippen molar-refractivity contribution in [3.05, 3.63) is 106 Å². The van der Waals surface area contributed by atoms with Crippen molar-refractivity contribution in [2.45, 2.75) is 20.0 Å². The maximum atomic E-state index is 11.9. The van der Waals surface area contributed by atoms with Crippen molar-refractivity contribution in [3.8, 4) is 11.1 Å². The summed E-state index contributed by atoms with van der Waals surface area (Å²) >= 11 is 0. The van der Waals surface area contributed by atoms with Crippen molar-refractivity contribution < 1.29 is 13.9 Å². The summed E-state index contributed by atoms with van der Waals surface area (Å²) in [5.74, 6) is 0.473. The molecule has 4 heteroatoms. The average molecular weight is 396 g/mol. The molecule has 3 aromatic carbocycles. The van der Waals surface area contributed by atoms with Gasteiger partial charge < -0.3 is 13.9 Å². The van der Waals surface area contributed by atoms with Gasteiger partial charge in [-0.1, -0.05) is 60.7 Å². The number of aliphatic hydroxyl groups is 1. The van der Waals surface area contributed by atoms with Crippen LogP contribution in [0.25, 0.3) is 33.1 Å². The summed E-state index contributed by atoms with van der Waals surface area (Å²) in [6.07, 6.45) is -0.926. The predicted octanol–water partition coefficient (Wildman–Crippen LogP) is 5.90. The average Bonchev–Trinajstić information content (AvgIpc) is 3.15. The molecule has 0 radical (unpaired) electrons. The molecule has 0 saturated carbocycles. The highest BCUT2D eigenvalue weighted by atomic mass is 16.4. The minimum Gasteiger partial charge on any atom is -0.457 e. The van der Waals surface area contributed by atoms with Crippen LogP contribution in [0.15, 0.2) is 86.4 Å². The fourth-order valence-electron chi connectivity index (χ4n) is 4.08. The molecule has 0 spiro atoms. The summed E-state index contributed by atoms with van der Waals surface area (Å²) in [6, 6.07) is 22.8. The van der Waals surface area contributed by atoms with Gasteiger partial charge in [0.05, 0.1) is 0 Å². The van der Waals surface area contributed by atoms with Crippen LogP contribution in [0.1, 0.15) is 28.6 Å². The highest BCUT2D eigenvalue weighted by Gasteiger charge is 2.25. The van der Waals surface area contributed by atoms with Gasteiger partial charge in [0, 0.05) is 28.0 Å². The topological polar surface area (TPSA) is 63.6 Å². The first-order valence-electron chi connectivity index (χ1n) is 9.83. The second-order valence-corrected chi connectivity index (χ2v) is 7.52. The van der Waals surface area contributed by atoms with Gasteiger partial charge >= 0.3 is 5.63 Å². The lowest BCUT2D eigenvalue weighted by atomic mass is 9.95. The van der Waals surface area contributed by atoms with Crippen LogP contribution in [0.2, 0.25) is 0 Å². The third-order valence-electron chi connectivity index (χ3n) is 5.57. The van der Waals surface area contributed by atoms with Crippen LogP contribution in [0, 0.1) is 13.8 Å². The van der Waals surface area contributed by atoms with Crippen LogP contribution in [-0.4, -0.2) is 5.11 Å². The lowest BCUT2D eigenvalue weighted by Gasteiger charge is -2.11. The molecule has 1 atom stereocenters. The first kappa shape index (κ1) is 18.4. The molecule has 5 rings (SSSR count). The zero-order chi connectivity index (χ0) is 20.8. The summed E-state index contributed by atoms with van der Waals surface area (Å²) in [4.78, 5) is 11.9. The third-order valence-corrected chi connectivity index (χ3v) is 5.57. The van der Waals surface area contributed by atoms with E-state index >= 15 is 0 Å². The van der Waals surface area contributed by atoms with E-state index in [1.54, 1.807) is 0 Å². The van der Waals surface area contributed by atoms with Crippen molar-refractivity contribution in [2.75, 3.05) is 0 Å². The van der Waals surface area contributed by atoms with E-state index in [2.05, 4.69) is 0 Å². The monoisotopic (exact) mass is 396 g/mol. The zero-order valence-corrected chi connectivity index (χ0v) is 16.7. The summed E-state index contributed by atoms with van der Waals surface area (Å²) in [5.41, 5.74) is 4.87. The molecule has 5 aromatic rings. The fourth-order valence-corrected chi connectivity index (χ4v) is 4.08. The maximum absolute atomic E-state index is 11.9. The highest BCUT2D eigenvalue weighted by molar-refractivity contribution is 6.05. The van der Waals surface area contributed by atoms with E-state index in [4.69, 9.17) is 8.83 Å². The molecule has 0 aliphatic heterocycles. The molecule has 0 aliphatic carbocycles. The van der Waals surface area contributed by atoms with E-state index in [9.17, 15) is 9.90 Å². The minimum absolute atomic E-state index is 0.387. The number of hydrogen-bond donors (Lipinski definition) is 1. The van der Waals surface area contributed by atoms with E-state index in [0.29, 0.717) is 16.9 Å². The standard InChI is InChI=1S/C26H20O4/c1-15-13-21(27)29-24-16(2)25-20(14-19(15)24)22(17-9-5-3-6-10-17)26(30-25)23(28)18-11-7-4-8-12-18/h3-14,23,28H,1-2H3/t23-/m0/s1. The van der Waals surface area contributed by atoms with Gasteiger partial charge in [0.1, 0.15) is 23.0 Å². The first-order chi connectivity index (χ1) is 14.5. The van der Waals surface area contributed by atoms with E-state index in [-0.39, 0.29) is 5.63 Å². The van der Waals surface area contributed by atoms with Crippen molar-refractivity contribution >= 4 is 21.9 Å². The van der Waals surface area contributed by atoms with Crippen LogP contribution in [0.4, 0.5) is 0 Å². The van der Waals surface area contributed by atoms with E-state index in [1.807, 2.05) is 80.6 Å². The van der Waals surface area contributed by atoms with E-state index < -0.39 is 6.10 Å². The second-order valence-electron chi connectivity index (χ2n) is 7.52. The molecule has 0 unspecified atom stereocenters. The predicted molar refractivity (Wildman–Crippen MR) is 118 cm³/mol. The Bertz CT molecular complexity index is 1430. The quantitative estimate of drug-likeness (QED) is 0.385. The molecule has 0 amide bonds. The summed E-state index contributed by atoms with van der Waals surface area (Å²) in [6.45, 7) is 3.77. The van der Waals surface area contributed by atoms with Crippen LogP contribution < -0.4 is 5.63 Å². The van der Waals surface area contributed by atoms with E-state index in [1.165, 1.54) is 6.07 Å². The number of hydrogen-bond acceptors (Lipinski definition) is 4. The molecule has 2 aromatic heterocycles. The molecule has 4 nitrogen and oxygen atoms in total. The van der Waals surface area contributed by atoms with Crippen molar-refractivity contribution in [1.82, 2.24) is 0 Å². The SMILES string of the molecule is Cc1cc(=O)oc2c(C)c3oc([C@@H](O)c4ccccc4)c(-c4ccccc4)c3cc12. The summed E-state index contributed by atoms with van der Waals surface area (Å²) in [5, 5.41) is 12.9. The molecule has 30 heavy (non-hydrogen) atoms. The molecule has 2 heterocycles. The molecule has 0 bridgehead atoms. The van der Waals surface area contributed by atoms with Gasteiger partial charge in [-0.05, 0) is 36.6 Å². The Balaban J connectivity index is 1.90. The number of furan rings is 1. The van der Waals surface area contributed by atoms with Gasteiger partial charge in [-0.25, -0.2) is 4.79 Å². The smallest absolute Gasteiger partial charge is 0.336 e. The Morgan fingerprint density at radius 1 is 0.800 bits per heavy atom. The Hall–Kier alpha value is -3.63. The summed E-state index contributed by atoms with van der Waals surface area (Å²) in [7, 11) is 0.